The molecule has 0 bridgehead atoms. The topological polar surface area (TPSA) is 105 Å². The van der Waals surface area contributed by atoms with E-state index in [9.17, 15) is 14.7 Å². The summed E-state index contributed by atoms with van der Waals surface area (Å²) in [7, 11) is 3.11. The summed E-state index contributed by atoms with van der Waals surface area (Å²) in [6.07, 6.45) is 0.203. The number of methoxy groups -OCH3 is 2. The van der Waals surface area contributed by atoms with Gasteiger partial charge in [0, 0.05) is 17.1 Å². The molecule has 0 spiro atoms. The molecule has 1 unspecified atom stereocenters. The van der Waals surface area contributed by atoms with E-state index < -0.39 is 11.6 Å². The zero-order valence-corrected chi connectivity index (χ0v) is 14.1. The average molecular weight is 343 g/mol. The third-order valence-electron chi connectivity index (χ3n) is 3.04. The van der Waals surface area contributed by atoms with Gasteiger partial charge in [-0.1, -0.05) is 0 Å². The van der Waals surface area contributed by atoms with Crippen molar-refractivity contribution in [3.8, 4) is 11.5 Å². The maximum Gasteiger partial charge on any atom is 0.337 e. The van der Waals surface area contributed by atoms with Crippen LogP contribution in [0.25, 0.3) is 0 Å². The predicted molar refractivity (Wildman–Crippen MR) is 86.2 cm³/mol. The van der Waals surface area contributed by atoms with Crippen LogP contribution in [0, 0.1) is 0 Å². The fourth-order valence-corrected chi connectivity index (χ4v) is 2.48. The Kier molecular flexibility index (Phi) is 7.18. The molecule has 0 aliphatic carbocycles. The number of carbonyl (C=O) groups is 2. The van der Waals surface area contributed by atoms with Crippen molar-refractivity contribution in [3.05, 3.63) is 18.2 Å². The highest BCUT2D eigenvalue weighted by atomic mass is 32.2. The van der Waals surface area contributed by atoms with Crippen molar-refractivity contribution in [1.29, 1.82) is 0 Å². The number of carbonyl (C=O) groups excluding carboxylic acids is 1. The summed E-state index contributed by atoms with van der Waals surface area (Å²) in [6, 6.07) is 5.46. The second-order valence-corrected chi connectivity index (χ2v) is 6.14. The predicted octanol–water partition coefficient (Wildman–Crippen LogP) is 1.14. The molecule has 0 radical (unpaired) electrons. The highest BCUT2D eigenvalue weighted by Crippen LogP contribution is 2.31. The van der Waals surface area contributed by atoms with Gasteiger partial charge in [0.1, 0.15) is 0 Å². The van der Waals surface area contributed by atoms with Gasteiger partial charge < -0.3 is 25.0 Å². The SMILES string of the molecule is COc1ccc(SCCC(=O)NCC(C)(O)C(=O)O)cc1OC. The molecule has 1 atom stereocenters. The number of hydrogen-bond acceptors (Lipinski definition) is 6. The molecule has 8 heteroatoms. The smallest absolute Gasteiger partial charge is 0.337 e. The van der Waals surface area contributed by atoms with Crippen LogP contribution < -0.4 is 14.8 Å². The minimum absolute atomic E-state index is 0.203. The molecular formula is C15H21NO6S. The van der Waals surface area contributed by atoms with E-state index in [2.05, 4.69) is 5.32 Å². The van der Waals surface area contributed by atoms with Crippen molar-refractivity contribution in [3.63, 3.8) is 0 Å². The van der Waals surface area contributed by atoms with Crippen molar-refractivity contribution in [2.24, 2.45) is 0 Å². The molecule has 128 valence electrons. The third kappa shape index (κ3) is 5.99. The maximum atomic E-state index is 11.7. The Morgan fingerprint density at radius 1 is 1.26 bits per heavy atom. The van der Waals surface area contributed by atoms with Crippen LogP contribution in [0.1, 0.15) is 13.3 Å². The molecule has 0 heterocycles. The van der Waals surface area contributed by atoms with Gasteiger partial charge in [-0.25, -0.2) is 4.79 Å². The first-order valence-corrected chi connectivity index (χ1v) is 7.86. The van der Waals surface area contributed by atoms with Crippen molar-refractivity contribution in [2.75, 3.05) is 26.5 Å². The number of benzene rings is 1. The van der Waals surface area contributed by atoms with Gasteiger partial charge in [-0.15, -0.1) is 11.8 Å². The number of thioether (sulfide) groups is 1. The van der Waals surface area contributed by atoms with E-state index in [-0.39, 0.29) is 18.9 Å². The summed E-state index contributed by atoms with van der Waals surface area (Å²) in [4.78, 5) is 23.3. The maximum absolute atomic E-state index is 11.7. The molecule has 0 aromatic heterocycles. The van der Waals surface area contributed by atoms with E-state index in [1.54, 1.807) is 20.3 Å². The number of carboxylic acids is 1. The summed E-state index contributed by atoms with van der Waals surface area (Å²) in [5.74, 6) is 0.0539. The van der Waals surface area contributed by atoms with Crippen LogP contribution in [-0.2, 0) is 9.59 Å². The van der Waals surface area contributed by atoms with Crippen LogP contribution >= 0.6 is 11.8 Å². The largest absolute Gasteiger partial charge is 0.493 e. The Hall–Kier alpha value is -1.93. The van der Waals surface area contributed by atoms with Crippen molar-refractivity contribution in [1.82, 2.24) is 5.32 Å². The molecule has 0 fully saturated rings. The number of rotatable bonds is 9. The number of hydrogen-bond donors (Lipinski definition) is 3. The highest BCUT2D eigenvalue weighted by Gasteiger charge is 2.30. The Morgan fingerprint density at radius 3 is 2.48 bits per heavy atom. The number of aliphatic carboxylic acids is 1. The van der Waals surface area contributed by atoms with Crippen LogP contribution in [0.15, 0.2) is 23.1 Å². The lowest BCUT2D eigenvalue weighted by Gasteiger charge is -2.18. The summed E-state index contributed by atoms with van der Waals surface area (Å²) in [5, 5.41) is 20.7. The molecule has 23 heavy (non-hydrogen) atoms. The van der Waals surface area contributed by atoms with E-state index >= 15 is 0 Å². The number of nitrogens with one attached hydrogen (secondary N) is 1. The van der Waals surface area contributed by atoms with Crippen LogP contribution in [0.5, 0.6) is 11.5 Å². The zero-order chi connectivity index (χ0) is 17.5. The second kappa shape index (κ2) is 8.64. The fraction of sp³-hybridized carbons (Fsp3) is 0.467. The van der Waals surface area contributed by atoms with Crippen LogP contribution in [-0.4, -0.2) is 54.2 Å². The van der Waals surface area contributed by atoms with Gasteiger partial charge in [-0.3, -0.25) is 4.79 Å². The molecule has 0 saturated heterocycles. The molecular weight excluding hydrogens is 322 g/mol. The summed E-state index contributed by atoms with van der Waals surface area (Å²) < 4.78 is 10.3. The van der Waals surface area contributed by atoms with Crippen LogP contribution in [0.2, 0.25) is 0 Å². The van der Waals surface area contributed by atoms with Gasteiger partial charge in [0.15, 0.2) is 17.1 Å². The van der Waals surface area contributed by atoms with Gasteiger partial charge in [0.25, 0.3) is 0 Å². The van der Waals surface area contributed by atoms with E-state index in [4.69, 9.17) is 14.6 Å². The Balaban J connectivity index is 2.42. The molecule has 3 N–H and O–H groups in total. The van der Waals surface area contributed by atoms with E-state index in [0.717, 1.165) is 11.8 Å². The van der Waals surface area contributed by atoms with Gasteiger partial charge in [0.2, 0.25) is 5.91 Å². The molecule has 1 aromatic carbocycles. The van der Waals surface area contributed by atoms with Crippen LogP contribution in [0.3, 0.4) is 0 Å². The summed E-state index contributed by atoms with van der Waals surface area (Å²) >= 11 is 1.46. The minimum atomic E-state index is -1.97. The molecule has 1 rings (SSSR count). The number of amides is 1. The minimum Gasteiger partial charge on any atom is -0.493 e. The van der Waals surface area contributed by atoms with E-state index in [1.165, 1.54) is 11.8 Å². The first kappa shape index (κ1) is 19.1. The first-order chi connectivity index (χ1) is 10.8. The quantitative estimate of drug-likeness (QED) is 0.577. The van der Waals surface area contributed by atoms with Crippen molar-refractivity contribution < 1.29 is 29.3 Å². The summed E-state index contributed by atoms with van der Waals surface area (Å²) in [6.45, 7) is 0.802. The van der Waals surface area contributed by atoms with Crippen LogP contribution in [0.4, 0.5) is 0 Å². The van der Waals surface area contributed by atoms with E-state index in [1.807, 2.05) is 12.1 Å². The van der Waals surface area contributed by atoms with E-state index in [0.29, 0.717) is 17.3 Å². The van der Waals surface area contributed by atoms with Gasteiger partial charge >= 0.3 is 5.97 Å². The fourth-order valence-electron chi connectivity index (χ4n) is 1.60. The molecule has 1 aromatic rings. The molecule has 0 aliphatic heterocycles. The number of aliphatic hydroxyl groups is 1. The lowest BCUT2D eigenvalue weighted by Crippen LogP contribution is -2.46. The summed E-state index contributed by atoms with van der Waals surface area (Å²) in [5.41, 5.74) is -1.97. The monoisotopic (exact) mass is 343 g/mol. The average Bonchev–Trinajstić information content (AvgIpc) is 2.52. The zero-order valence-electron chi connectivity index (χ0n) is 13.3. The Bertz CT molecular complexity index is 561. The molecule has 1 amide bonds. The number of ether oxygens (including phenoxy) is 2. The number of carboxylic acid groups (broad SMARTS) is 1. The second-order valence-electron chi connectivity index (χ2n) is 4.97. The Morgan fingerprint density at radius 2 is 1.91 bits per heavy atom. The first-order valence-electron chi connectivity index (χ1n) is 6.87. The van der Waals surface area contributed by atoms with Gasteiger partial charge in [-0.2, -0.15) is 0 Å². The highest BCUT2D eigenvalue weighted by molar-refractivity contribution is 7.99. The molecule has 0 saturated carbocycles. The molecule has 0 aliphatic rings. The Labute approximate surface area is 139 Å². The third-order valence-corrected chi connectivity index (χ3v) is 4.04. The van der Waals surface area contributed by atoms with Crippen molar-refractivity contribution >= 4 is 23.6 Å². The lowest BCUT2D eigenvalue weighted by atomic mass is 10.1. The lowest BCUT2D eigenvalue weighted by molar-refractivity contribution is -0.156. The molecule has 7 nitrogen and oxygen atoms in total. The van der Waals surface area contributed by atoms with Gasteiger partial charge in [0.05, 0.1) is 20.8 Å². The standard InChI is InChI=1S/C15H21NO6S/c1-15(20,14(18)19)9-16-13(17)6-7-23-10-4-5-11(21-2)12(8-10)22-3/h4-5,8,20H,6-7,9H2,1-3H3,(H,16,17)(H,18,19). The van der Waals surface area contributed by atoms with Gasteiger partial charge in [-0.05, 0) is 25.1 Å². The normalized spacial score (nSPS) is 13.0. The van der Waals surface area contributed by atoms with Crippen molar-refractivity contribution in [2.45, 2.75) is 23.8 Å².